The quantitative estimate of drug-likeness (QED) is 0.562. The number of carbonyl (C=O) groups is 1. The fourth-order valence-electron chi connectivity index (χ4n) is 6.20. The van der Waals surface area contributed by atoms with Crippen LogP contribution in [0.3, 0.4) is 0 Å². The lowest BCUT2D eigenvalue weighted by molar-refractivity contribution is -0.127. The summed E-state index contributed by atoms with van der Waals surface area (Å²) in [5, 5.41) is 6.52. The zero-order chi connectivity index (χ0) is 23.1. The van der Waals surface area contributed by atoms with E-state index in [2.05, 4.69) is 37.2 Å². The largest absolute Gasteiger partial charge is 0.349 e. The van der Waals surface area contributed by atoms with Crippen molar-refractivity contribution in [1.29, 1.82) is 0 Å². The first-order valence-corrected chi connectivity index (χ1v) is 12.6. The van der Waals surface area contributed by atoms with Gasteiger partial charge < -0.3 is 15.2 Å². The third-order valence-corrected chi connectivity index (χ3v) is 8.15. The van der Waals surface area contributed by atoms with Crippen molar-refractivity contribution in [2.75, 3.05) is 19.6 Å². The number of rotatable bonds is 7. The van der Waals surface area contributed by atoms with Crippen molar-refractivity contribution in [2.24, 2.45) is 5.92 Å². The average Bonchev–Trinajstić information content (AvgIpc) is 3.34. The van der Waals surface area contributed by atoms with Crippen LogP contribution < -0.4 is 10.6 Å². The number of nitrogens with zero attached hydrogens (tertiary/aromatic N) is 3. The van der Waals surface area contributed by atoms with Crippen LogP contribution in [-0.4, -0.2) is 52.1 Å². The smallest absolute Gasteiger partial charge is 0.226 e. The van der Waals surface area contributed by atoms with Gasteiger partial charge in [0, 0.05) is 37.8 Å². The molecule has 3 saturated heterocycles. The molecule has 6 rings (SSSR count). The van der Waals surface area contributed by atoms with Gasteiger partial charge in [-0.1, -0.05) is 36.4 Å². The molecule has 2 aromatic carbocycles. The Kier molecular flexibility index (Phi) is 5.83. The van der Waals surface area contributed by atoms with E-state index in [1.54, 1.807) is 6.07 Å². The Balaban J connectivity index is 1.14. The van der Waals surface area contributed by atoms with Crippen molar-refractivity contribution in [1.82, 2.24) is 25.1 Å². The Morgan fingerprint density at radius 3 is 2.53 bits per heavy atom. The Morgan fingerprint density at radius 1 is 1.06 bits per heavy atom. The van der Waals surface area contributed by atoms with Crippen molar-refractivity contribution < 1.29 is 9.18 Å². The van der Waals surface area contributed by atoms with Gasteiger partial charge in [0.25, 0.3) is 0 Å². The van der Waals surface area contributed by atoms with Crippen LogP contribution in [-0.2, 0) is 4.79 Å². The maximum Gasteiger partial charge on any atom is 0.226 e. The average molecular weight is 462 g/mol. The van der Waals surface area contributed by atoms with Crippen molar-refractivity contribution in [2.45, 2.75) is 56.3 Å². The highest BCUT2D eigenvalue weighted by atomic mass is 19.1. The molecule has 6 nitrogen and oxygen atoms in total. The third kappa shape index (κ3) is 4.01. The molecule has 4 heterocycles. The van der Waals surface area contributed by atoms with Crippen molar-refractivity contribution >= 4 is 16.9 Å². The molecule has 1 amide bonds. The summed E-state index contributed by atoms with van der Waals surface area (Å²) in [5.74, 6) is 0.00446. The number of carbonyl (C=O) groups excluding carboxylic acids is 1. The Morgan fingerprint density at radius 2 is 1.82 bits per heavy atom. The van der Waals surface area contributed by atoms with E-state index < -0.39 is 0 Å². The molecule has 2 bridgehead atoms. The molecular weight excluding hydrogens is 429 g/mol. The number of amides is 1. The van der Waals surface area contributed by atoms with Crippen LogP contribution in [0.15, 0.2) is 54.9 Å². The van der Waals surface area contributed by atoms with Gasteiger partial charge in [0.1, 0.15) is 5.52 Å². The van der Waals surface area contributed by atoms with Crippen molar-refractivity contribution in [3.8, 4) is 0 Å². The predicted molar refractivity (Wildman–Crippen MR) is 130 cm³/mol. The standard InChI is InChI=1S/C27H32FN5O/c28-23-7-4-8-25-26(23)30-17-33(25)22-13-20-9-10-21(14-22)32(20)12-11-24(18-5-2-1-3-6-18)31-27(34)19-15-29-16-19/h1-8,17,19-22,24,29H,9-16H2,(H,31,34)/t20-,21+,22?,24-/m0/s1. The number of nitrogens with one attached hydrogen (secondary N) is 2. The maximum absolute atomic E-state index is 14.2. The number of aromatic nitrogens is 2. The minimum absolute atomic E-state index is 0.0343. The summed E-state index contributed by atoms with van der Waals surface area (Å²) in [7, 11) is 0. The van der Waals surface area contributed by atoms with Crippen LogP contribution in [0.2, 0.25) is 0 Å². The lowest BCUT2D eigenvalue weighted by Crippen LogP contribution is -2.51. The van der Waals surface area contributed by atoms with Crippen LogP contribution in [0.1, 0.15) is 49.8 Å². The summed E-state index contributed by atoms with van der Waals surface area (Å²) in [6.07, 6.45) is 7.27. The first-order chi connectivity index (χ1) is 16.7. The molecule has 2 N–H and O–H groups in total. The molecule has 7 heteroatoms. The summed E-state index contributed by atoms with van der Waals surface area (Å²) >= 11 is 0. The maximum atomic E-state index is 14.2. The fourth-order valence-corrected chi connectivity index (χ4v) is 6.20. The van der Waals surface area contributed by atoms with Crippen LogP contribution >= 0.6 is 0 Å². The highest BCUT2D eigenvalue weighted by Gasteiger charge is 2.41. The van der Waals surface area contributed by atoms with E-state index in [1.807, 2.05) is 30.6 Å². The van der Waals surface area contributed by atoms with E-state index in [-0.39, 0.29) is 23.7 Å². The van der Waals surface area contributed by atoms with E-state index >= 15 is 0 Å². The molecular formula is C27H32FN5O. The van der Waals surface area contributed by atoms with E-state index in [9.17, 15) is 9.18 Å². The predicted octanol–water partition coefficient (Wildman–Crippen LogP) is 3.81. The Hall–Kier alpha value is -2.77. The number of para-hydroxylation sites is 1. The van der Waals surface area contributed by atoms with E-state index in [4.69, 9.17) is 0 Å². The van der Waals surface area contributed by atoms with Crippen LogP contribution in [0.5, 0.6) is 0 Å². The number of fused-ring (bicyclic) bond motifs is 3. The lowest BCUT2D eigenvalue weighted by atomic mass is 9.95. The van der Waals surface area contributed by atoms with Gasteiger partial charge in [-0.25, -0.2) is 9.37 Å². The molecule has 34 heavy (non-hydrogen) atoms. The summed E-state index contributed by atoms with van der Waals surface area (Å²) in [6.45, 7) is 2.53. The fraction of sp³-hybridized carbons (Fsp3) is 0.481. The summed E-state index contributed by atoms with van der Waals surface area (Å²) in [6, 6.07) is 17.0. The zero-order valence-corrected chi connectivity index (χ0v) is 19.4. The number of halogens is 1. The third-order valence-electron chi connectivity index (χ3n) is 8.15. The molecule has 0 radical (unpaired) electrons. The highest BCUT2D eigenvalue weighted by molar-refractivity contribution is 5.80. The normalized spacial score (nSPS) is 25.9. The van der Waals surface area contributed by atoms with Gasteiger partial charge in [0.2, 0.25) is 5.91 Å². The molecule has 178 valence electrons. The van der Waals surface area contributed by atoms with E-state index in [1.165, 1.54) is 24.5 Å². The number of hydrogen-bond acceptors (Lipinski definition) is 4. The molecule has 0 spiro atoms. The number of benzene rings is 2. The summed E-state index contributed by atoms with van der Waals surface area (Å²) < 4.78 is 16.4. The SMILES string of the molecule is O=C(N[C@@H](CCN1[C@@H]2CC[C@H]1CC(n1cnc3c(F)cccc31)C2)c1ccccc1)C1CNC1. The topological polar surface area (TPSA) is 62.2 Å². The van der Waals surface area contributed by atoms with Crippen LogP contribution in [0.25, 0.3) is 11.0 Å². The van der Waals surface area contributed by atoms with Crippen LogP contribution in [0, 0.1) is 11.7 Å². The summed E-state index contributed by atoms with van der Waals surface area (Å²) in [5.41, 5.74) is 2.55. The number of imidazole rings is 1. The molecule has 1 unspecified atom stereocenters. The second-order valence-electron chi connectivity index (χ2n) is 10.1. The molecule has 3 aliphatic rings. The number of piperidine rings is 1. The second-order valence-corrected chi connectivity index (χ2v) is 10.1. The minimum atomic E-state index is -0.247. The van der Waals surface area contributed by atoms with Crippen molar-refractivity contribution in [3.05, 3.63) is 66.2 Å². The molecule has 0 saturated carbocycles. The molecule has 0 aliphatic carbocycles. The van der Waals surface area contributed by atoms with Gasteiger partial charge in [-0.05, 0) is 49.8 Å². The molecule has 3 fully saturated rings. The summed E-state index contributed by atoms with van der Waals surface area (Å²) in [4.78, 5) is 19.7. The van der Waals surface area contributed by atoms with Gasteiger partial charge in [-0.2, -0.15) is 0 Å². The van der Waals surface area contributed by atoms with Gasteiger partial charge >= 0.3 is 0 Å². The van der Waals surface area contributed by atoms with E-state index in [0.29, 0.717) is 23.6 Å². The highest BCUT2D eigenvalue weighted by Crippen LogP contribution is 2.42. The molecule has 4 atom stereocenters. The minimum Gasteiger partial charge on any atom is -0.349 e. The van der Waals surface area contributed by atoms with Crippen molar-refractivity contribution in [3.63, 3.8) is 0 Å². The molecule has 3 aromatic rings. The second kappa shape index (κ2) is 9.12. The van der Waals surface area contributed by atoms with Gasteiger partial charge in [0.15, 0.2) is 5.82 Å². The van der Waals surface area contributed by atoms with Crippen LogP contribution in [0.4, 0.5) is 4.39 Å². The Labute approximate surface area is 199 Å². The first kappa shape index (κ1) is 21.7. The lowest BCUT2D eigenvalue weighted by Gasteiger charge is -2.40. The first-order valence-electron chi connectivity index (χ1n) is 12.6. The molecule has 3 aliphatic heterocycles. The molecule has 1 aromatic heterocycles. The van der Waals surface area contributed by atoms with Gasteiger partial charge in [0.05, 0.1) is 23.8 Å². The number of hydrogen-bond donors (Lipinski definition) is 2. The van der Waals surface area contributed by atoms with Gasteiger partial charge in [-0.3, -0.25) is 9.69 Å². The van der Waals surface area contributed by atoms with Gasteiger partial charge in [-0.15, -0.1) is 0 Å². The van der Waals surface area contributed by atoms with E-state index in [0.717, 1.165) is 44.4 Å². The monoisotopic (exact) mass is 461 g/mol. The zero-order valence-electron chi connectivity index (χ0n) is 19.4. The Bertz CT molecular complexity index is 1150.